The van der Waals surface area contributed by atoms with Crippen molar-refractivity contribution in [3.63, 3.8) is 0 Å². The molecular formula is C24H26ClN3. The molecule has 0 unspecified atom stereocenters. The minimum absolute atomic E-state index is 0.0668. The number of rotatable bonds is 6. The van der Waals surface area contributed by atoms with Gasteiger partial charge in [0.2, 0.25) is 0 Å². The molecule has 0 radical (unpaired) electrons. The Kier molecular flexibility index (Phi) is 5.91. The normalized spacial score (nSPS) is 11.6. The number of hydrogen-bond acceptors (Lipinski definition) is 2. The molecule has 3 nitrogen and oxygen atoms in total. The van der Waals surface area contributed by atoms with E-state index in [2.05, 4.69) is 69.3 Å². The highest BCUT2D eigenvalue weighted by Crippen LogP contribution is 2.31. The molecule has 3 rings (SSSR count). The van der Waals surface area contributed by atoms with Crippen LogP contribution < -0.4 is 0 Å². The highest BCUT2D eigenvalue weighted by Gasteiger charge is 2.21. The van der Waals surface area contributed by atoms with Crippen molar-refractivity contribution in [2.45, 2.75) is 52.0 Å². The number of nitrogens with zero attached hydrogens (tertiary/aromatic N) is 3. The molecule has 144 valence electrons. The number of hydrogen-bond donors (Lipinski definition) is 0. The molecule has 1 aromatic heterocycles. The molecule has 28 heavy (non-hydrogen) atoms. The first kappa shape index (κ1) is 20.2. The number of halogens is 1. The van der Waals surface area contributed by atoms with E-state index in [1.165, 1.54) is 11.1 Å². The Morgan fingerprint density at radius 3 is 2.43 bits per heavy atom. The summed E-state index contributed by atoms with van der Waals surface area (Å²) >= 11 is 6.21. The van der Waals surface area contributed by atoms with E-state index in [1.54, 1.807) is 6.07 Å². The molecule has 0 aliphatic rings. The molecule has 0 spiro atoms. The van der Waals surface area contributed by atoms with Gasteiger partial charge in [0.1, 0.15) is 6.07 Å². The third-order valence-corrected chi connectivity index (χ3v) is 5.69. The van der Waals surface area contributed by atoms with Crippen LogP contribution in [0.3, 0.4) is 0 Å². The first-order chi connectivity index (χ1) is 13.3. The van der Waals surface area contributed by atoms with E-state index in [9.17, 15) is 0 Å². The van der Waals surface area contributed by atoms with E-state index in [4.69, 9.17) is 16.9 Å². The molecule has 0 aliphatic carbocycles. The summed E-state index contributed by atoms with van der Waals surface area (Å²) in [6.45, 7) is 9.61. The van der Waals surface area contributed by atoms with Crippen molar-refractivity contribution in [2.75, 3.05) is 0 Å². The quantitative estimate of drug-likeness (QED) is 0.477. The first-order valence-electron chi connectivity index (χ1n) is 9.63. The molecule has 0 atom stereocenters. The van der Waals surface area contributed by atoms with Crippen LogP contribution in [0, 0.1) is 11.3 Å². The van der Waals surface area contributed by atoms with Gasteiger partial charge in [-0.25, -0.2) is 0 Å². The molecule has 0 saturated carbocycles. The Morgan fingerprint density at radius 2 is 1.82 bits per heavy atom. The molecule has 2 aromatic carbocycles. The van der Waals surface area contributed by atoms with Crippen LogP contribution in [0.1, 0.15) is 56.7 Å². The maximum atomic E-state index is 9.06. The molecule has 1 heterocycles. The van der Waals surface area contributed by atoms with Gasteiger partial charge in [0.25, 0.3) is 0 Å². The van der Waals surface area contributed by atoms with Gasteiger partial charge in [-0.15, -0.1) is 0 Å². The van der Waals surface area contributed by atoms with Gasteiger partial charge in [-0.3, -0.25) is 4.68 Å². The van der Waals surface area contributed by atoms with Crippen LogP contribution in [0.25, 0.3) is 11.1 Å². The first-order valence-corrected chi connectivity index (χ1v) is 10.0. The fourth-order valence-electron chi connectivity index (χ4n) is 3.26. The third-order valence-electron chi connectivity index (χ3n) is 5.38. The minimum atomic E-state index is -0.0668. The monoisotopic (exact) mass is 391 g/mol. The number of aryl methyl sites for hydroxylation is 1. The van der Waals surface area contributed by atoms with Gasteiger partial charge in [0.15, 0.2) is 0 Å². The summed E-state index contributed by atoms with van der Waals surface area (Å²) in [6.07, 6.45) is 4.95. The second-order valence-corrected chi connectivity index (χ2v) is 8.62. The molecule has 0 saturated heterocycles. The van der Waals surface area contributed by atoms with Crippen LogP contribution in [-0.4, -0.2) is 9.78 Å². The lowest BCUT2D eigenvalue weighted by molar-refractivity contribution is 0.421. The second kappa shape index (κ2) is 8.20. The summed E-state index contributed by atoms with van der Waals surface area (Å²) in [5.74, 6) is 0.537. The molecule has 0 N–H and O–H groups in total. The molecule has 0 aliphatic heterocycles. The maximum absolute atomic E-state index is 9.06. The van der Waals surface area contributed by atoms with Crippen molar-refractivity contribution >= 4 is 11.6 Å². The Bertz CT molecular complexity index is 991. The summed E-state index contributed by atoms with van der Waals surface area (Å²) in [5.41, 5.74) is 5.25. The fraction of sp³-hybridized carbons (Fsp3) is 0.333. The van der Waals surface area contributed by atoms with Gasteiger partial charge in [0, 0.05) is 18.3 Å². The standard InChI is InChI=1S/C24H26ClN3/c1-17(2)18-5-7-19(8-6-18)21-15-27-28(16-21)12-11-24(3,4)22-10-9-20(14-26)23(25)13-22/h5-10,13,15-17H,11-12H2,1-4H3. The largest absolute Gasteiger partial charge is 0.272 e. The second-order valence-electron chi connectivity index (χ2n) is 8.21. The smallest absolute Gasteiger partial charge is 0.101 e. The number of benzene rings is 2. The van der Waals surface area contributed by atoms with E-state index in [0.717, 1.165) is 24.1 Å². The third kappa shape index (κ3) is 4.46. The van der Waals surface area contributed by atoms with Crippen LogP contribution in [0.5, 0.6) is 0 Å². The Morgan fingerprint density at radius 1 is 1.11 bits per heavy atom. The van der Waals surface area contributed by atoms with Crippen LogP contribution >= 0.6 is 11.6 Å². The van der Waals surface area contributed by atoms with Gasteiger partial charge in [-0.1, -0.05) is 69.6 Å². The Hall–Kier alpha value is -2.57. The summed E-state index contributed by atoms with van der Waals surface area (Å²) in [4.78, 5) is 0. The maximum Gasteiger partial charge on any atom is 0.101 e. The average molecular weight is 392 g/mol. The predicted octanol–water partition coefficient (Wildman–Crippen LogP) is 6.57. The van der Waals surface area contributed by atoms with E-state index >= 15 is 0 Å². The van der Waals surface area contributed by atoms with Gasteiger partial charge in [0.05, 0.1) is 16.8 Å². The zero-order chi connectivity index (χ0) is 20.3. The zero-order valence-electron chi connectivity index (χ0n) is 16.9. The molecule has 0 amide bonds. The average Bonchev–Trinajstić information content (AvgIpc) is 3.15. The fourth-order valence-corrected chi connectivity index (χ4v) is 3.48. The molecule has 3 aromatic rings. The Labute approximate surface area is 172 Å². The Balaban J connectivity index is 1.69. The molecular weight excluding hydrogens is 366 g/mol. The lowest BCUT2D eigenvalue weighted by Gasteiger charge is -2.25. The van der Waals surface area contributed by atoms with E-state index in [-0.39, 0.29) is 5.41 Å². The predicted molar refractivity (Wildman–Crippen MR) is 116 cm³/mol. The van der Waals surface area contributed by atoms with Crippen LogP contribution in [0.2, 0.25) is 5.02 Å². The molecule has 4 heteroatoms. The SMILES string of the molecule is CC(C)c1ccc(-c2cnn(CCC(C)(C)c3ccc(C#N)c(Cl)c3)c2)cc1. The van der Waals surface area contributed by atoms with Crippen molar-refractivity contribution in [1.29, 1.82) is 5.26 Å². The van der Waals surface area contributed by atoms with Crippen LogP contribution in [0.15, 0.2) is 54.9 Å². The van der Waals surface area contributed by atoms with Crippen LogP contribution in [-0.2, 0) is 12.0 Å². The van der Waals surface area contributed by atoms with Gasteiger partial charge >= 0.3 is 0 Å². The highest BCUT2D eigenvalue weighted by molar-refractivity contribution is 6.31. The topological polar surface area (TPSA) is 41.6 Å². The van der Waals surface area contributed by atoms with Crippen LogP contribution in [0.4, 0.5) is 0 Å². The summed E-state index contributed by atoms with van der Waals surface area (Å²) in [6, 6.07) is 16.5. The van der Waals surface area contributed by atoms with Crippen molar-refractivity contribution in [3.8, 4) is 17.2 Å². The lowest BCUT2D eigenvalue weighted by atomic mass is 9.81. The van der Waals surface area contributed by atoms with E-state index in [1.807, 2.05) is 23.0 Å². The van der Waals surface area contributed by atoms with Gasteiger partial charge < -0.3 is 0 Å². The molecule has 0 bridgehead atoms. The number of nitriles is 1. The lowest BCUT2D eigenvalue weighted by Crippen LogP contribution is -2.20. The summed E-state index contributed by atoms with van der Waals surface area (Å²) < 4.78 is 2.00. The van der Waals surface area contributed by atoms with E-state index < -0.39 is 0 Å². The van der Waals surface area contributed by atoms with Gasteiger partial charge in [-0.05, 0) is 46.6 Å². The van der Waals surface area contributed by atoms with Crippen molar-refractivity contribution < 1.29 is 0 Å². The van der Waals surface area contributed by atoms with Crippen molar-refractivity contribution in [2.24, 2.45) is 0 Å². The number of aromatic nitrogens is 2. The summed E-state index contributed by atoms with van der Waals surface area (Å²) in [7, 11) is 0. The highest BCUT2D eigenvalue weighted by atomic mass is 35.5. The van der Waals surface area contributed by atoms with E-state index in [0.29, 0.717) is 16.5 Å². The zero-order valence-corrected chi connectivity index (χ0v) is 17.7. The molecule has 0 fully saturated rings. The van der Waals surface area contributed by atoms with Crippen molar-refractivity contribution in [1.82, 2.24) is 9.78 Å². The van der Waals surface area contributed by atoms with Crippen molar-refractivity contribution in [3.05, 3.63) is 76.6 Å². The summed E-state index contributed by atoms with van der Waals surface area (Å²) in [5, 5.41) is 14.1. The minimum Gasteiger partial charge on any atom is -0.272 e. The van der Waals surface area contributed by atoms with Gasteiger partial charge in [-0.2, -0.15) is 10.4 Å².